The van der Waals surface area contributed by atoms with Gasteiger partial charge in [0, 0.05) is 32.1 Å². The number of rotatable bonds is 5. The molecule has 2 aromatic heterocycles. The topological polar surface area (TPSA) is 51.0 Å². The van der Waals surface area contributed by atoms with Crippen LogP contribution < -0.4 is 4.90 Å². The first-order valence-electron chi connectivity index (χ1n) is 9.67. The first kappa shape index (κ1) is 20.8. The van der Waals surface area contributed by atoms with Gasteiger partial charge < -0.3 is 0 Å². The summed E-state index contributed by atoms with van der Waals surface area (Å²) < 4.78 is 15.1. The van der Waals surface area contributed by atoms with Gasteiger partial charge in [-0.1, -0.05) is 30.3 Å². The maximum atomic E-state index is 13.5. The number of carbonyl (C=O) groups excluding carboxylic acids is 1. The number of amides is 1. The largest absolute Gasteiger partial charge is 0.298 e. The van der Waals surface area contributed by atoms with Gasteiger partial charge in [0.05, 0.1) is 5.56 Å². The van der Waals surface area contributed by atoms with Crippen LogP contribution in [0.25, 0.3) is 22.4 Å². The van der Waals surface area contributed by atoms with Crippen LogP contribution in [0.4, 0.5) is 10.2 Å². The van der Waals surface area contributed by atoms with Crippen molar-refractivity contribution < 1.29 is 9.18 Å². The van der Waals surface area contributed by atoms with Crippen molar-refractivity contribution in [1.29, 1.82) is 0 Å². The van der Waals surface area contributed by atoms with E-state index in [0.29, 0.717) is 17.1 Å². The van der Waals surface area contributed by atoms with Crippen LogP contribution in [0.1, 0.15) is 10.9 Å². The number of carbonyl (C=O) groups is 1. The molecule has 1 amide bonds. The van der Waals surface area contributed by atoms with Crippen molar-refractivity contribution in [1.82, 2.24) is 14.8 Å². The number of aryl methyl sites for hydroxylation is 1. The van der Waals surface area contributed by atoms with Crippen LogP contribution in [0.2, 0.25) is 0 Å². The summed E-state index contributed by atoms with van der Waals surface area (Å²) in [5, 5.41) is 3.81. The van der Waals surface area contributed by atoms with E-state index >= 15 is 0 Å². The average molecular weight is 435 g/mol. The van der Waals surface area contributed by atoms with E-state index in [9.17, 15) is 9.18 Å². The first-order chi connectivity index (χ1) is 15.0. The van der Waals surface area contributed by atoms with Gasteiger partial charge in [0.2, 0.25) is 5.91 Å². The predicted molar refractivity (Wildman–Crippen MR) is 120 cm³/mol. The van der Waals surface area contributed by atoms with E-state index in [1.54, 1.807) is 43.3 Å². The van der Waals surface area contributed by atoms with Crippen LogP contribution in [-0.2, 0) is 11.8 Å². The molecule has 5 nitrogen and oxygen atoms in total. The zero-order chi connectivity index (χ0) is 22.0. The Bertz CT molecular complexity index is 1190. The molecule has 0 aliphatic carbocycles. The molecule has 4 rings (SSSR count). The van der Waals surface area contributed by atoms with Gasteiger partial charge in [0.25, 0.3) is 0 Å². The minimum Gasteiger partial charge on any atom is -0.298 e. The Morgan fingerprint density at radius 1 is 1.00 bits per heavy atom. The van der Waals surface area contributed by atoms with Gasteiger partial charge in [-0.2, -0.15) is 5.10 Å². The highest BCUT2D eigenvalue weighted by molar-refractivity contribution is 6.33. The quantitative estimate of drug-likeness (QED) is 0.404. The molecular formula is C24H20ClFN4O. The highest BCUT2D eigenvalue weighted by Gasteiger charge is 2.29. The lowest BCUT2D eigenvalue weighted by atomic mass is 10.0. The molecule has 0 spiro atoms. The highest BCUT2D eigenvalue weighted by Crippen LogP contribution is 2.40. The molecule has 0 bridgehead atoms. The molecule has 7 heteroatoms. The molecule has 31 heavy (non-hydrogen) atoms. The van der Waals surface area contributed by atoms with E-state index < -0.39 is 5.38 Å². The zero-order valence-electron chi connectivity index (χ0n) is 17.0. The molecule has 0 N–H and O–H groups in total. The van der Waals surface area contributed by atoms with Crippen LogP contribution in [0, 0.1) is 5.82 Å². The van der Waals surface area contributed by atoms with Gasteiger partial charge in [-0.05, 0) is 47.5 Å². The Labute approximate surface area is 184 Å². The summed E-state index contributed by atoms with van der Waals surface area (Å²) in [6.45, 7) is 0. The lowest BCUT2D eigenvalue weighted by Crippen LogP contribution is -2.31. The van der Waals surface area contributed by atoms with Gasteiger partial charge in [0.1, 0.15) is 22.7 Å². The normalized spacial score (nSPS) is 11.9. The minimum absolute atomic E-state index is 0.281. The second kappa shape index (κ2) is 8.70. The van der Waals surface area contributed by atoms with Crippen molar-refractivity contribution in [3.8, 4) is 22.4 Å². The fourth-order valence-electron chi connectivity index (χ4n) is 3.53. The molecule has 4 aromatic rings. The summed E-state index contributed by atoms with van der Waals surface area (Å²) in [5.41, 5.74) is 3.66. The third-order valence-corrected chi connectivity index (χ3v) is 5.50. The second-order valence-corrected chi connectivity index (χ2v) is 7.52. The molecule has 0 radical (unpaired) electrons. The zero-order valence-corrected chi connectivity index (χ0v) is 17.8. The number of likely N-dealkylation sites (N-methyl/N-ethyl adjacent to an activating group) is 1. The van der Waals surface area contributed by atoms with Crippen molar-refractivity contribution in [2.75, 3.05) is 11.9 Å². The molecule has 156 valence electrons. The van der Waals surface area contributed by atoms with Gasteiger partial charge in [-0.25, -0.2) is 4.39 Å². The maximum Gasteiger partial charge on any atom is 0.250 e. The number of hydrogen-bond acceptors (Lipinski definition) is 3. The number of aromatic nitrogens is 3. The number of pyridine rings is 1. The Morgan fingerprint density at radius 3 is 2.29 bits per heavy atom. The summed E-state index contributed by atoms with van der Waals surface area (Å²) in [7, 11) is 3.44. The maximum absolute atomic E-state index is 13.5. The molecule has 2 heterocycles. The number of alkyl halides is 1. The smallest absolute Gasteiger partial charge is 0.250 e. The molecule has 2 aromatic carbocycles. The van der Waals surface area contributed by atoms with Crippen LogP contribution in [0.3, 0.4) is 0 Å². The van der Waals surface area contributed by atoms with Gasteiger partial charge in [0.15, 0.2) is 0 Å². The Kier molecular flexibility index (Phi) is 5.82. The predicted octanol–water partition coefficient (Wildman–Crippen LogP) is 5.23. The first-order valence-corrected chi connectivity index (χ1v) is 10.1. The van der Waals surface area contributed by atoms with E-state index in [1.807, 2.05) is 42.5 Å². The molecular weight excluding hydrogens is 415 g/mol. The van der Waals surface area contributed by atoms with E-state index in [4.69, 9.17) is 11.6 Å². The lowest BCUT2D eigenvalue weighted by molar-refractivity contribution is -0.118. The standard InChI is InChI=1S/C24H20ClFN4O/c1-29(24(31)21(25)17-6-4-3-5-7-17)23-20(16-12-14-27-15-13-16)22(28-30(23)2)18-8-10-19(26)11-9-18/h3-15,21H,1-2H3. The van der Waals surface area contributed by atoms with Crippen LogP contribution in [-0.4, -0.2) is 27.7 Å². The fraction of sp³-hybridized carbons (Fsp3) is 0.125. The summed E-state index contributed by atoms with van der Waals surface area (Å²) in [4.78, 5) is 18.9. The second-order valence-electron chi connectivity index (χ2n) is 7.08. The van der Waals surface area contributed by atoms with Gasteiger partial charge >= 0.3 is 0 Å². The summed E-state index contributed by atoms with van der Waals surface area (Å²) in [6.07, 6.45) is 3.35. The van der Waals surface area contributed by atoms with Crippen molar-refractivity contribution in [3.05, 3.63) is 90.5 Å². The fourth-order valence-corrected chi connectivity index (χ4v) is 3.82. The Hall–Kier alpha value is -3.51. The number of nitrogens with zero attached hydrogens (tertiary/aromatic N) is 4. The molecule has 0 fully saturated rings. The molecule has 0 saturated carbocycles. The molecule has 1 atom stereocenters. The minimum atomic E-state index is -0.847. The van der Waals surface area contributed by atoms with E-state index in [-0.39, 0.29) is 11.7 Å². The number of hydrogen-bond donors (Lipinski definition) is 0. The summed E-state index contributed by atoms with van der Waals surface area (Å²) >= 11 is 6.52. The lowest BCUT2D eigenvalue weighted by Gasteiger charge is -2.22. The number of benzene rings is 2. The molecule has 1 unspecified atom stereocenters. The van der Waals surface area contributed by atoms with E-state index in [2.05, 4.69) is 10.1 Å². The van der Waals surface area contributed by atoms with Crippen molar-refractivity contribution in [2.45, 2.75) is 5.38 Å². The Morgan fingerprint density at radius 2 is 1.65 bits per heavy atom. The molecule has 0 aliphatic heterocycles. The summed E-state index contributed by atoms with van der Waals surface area (Å²) in [5.74, 6) is -0.0283. The third-order valence-electron chi connectivity index (χ3n) is 5.06. The Balaban J connectivity index is 1.84. The van der Waals surface area contributed by atoms with E-state index in [1.165, 1.54) is 17.0 Å². The average Bonchev–Trinajstić information content (AvgIpc) is 3.16. The number of anilines is 1. The van der Waals surface area contributed by atoms with Crippen LogP contribution in [0.5, 0.6) is 0 Å². The van der Waals surface area contributed by atoms with Crippen LogP contribution >= 0.6 is 11.6 Å². The van der Waals surface area contributed by atoms with Crippen molar-refractivity contribution in [3.63, 3.8) is 0 Å². The third kappa shape index (κ3) is 4.07. The SMILES string of the molecule is CN(C(=O)C(Cl)c1ccccc1)c1c(-c2ccncc2)c(-c2ccc(F)cc2)nn1C. The van der Waals surface area contributed by atoms with E-state index in [0.717, 1.165) is 16.7 Å². The van der Waals surface area contributed by atoms with Crippen molar-refractivity contribution >= 4 is 23.3 Å². The summed E-state index contributed by atoms with van der Waals surface area (Å²) in [6, 6.07) is 19.0. The molecule has 0 aliphatic rings. The van der Waals surface area contributed by atoms with Gasteiger partial charge in [-0.3, -0.25) is 19.4 Å². The van der Waals surface area contributed by atoms with Gasteiger partial charge in [-0.15, -0.1) is 11.6 Å². The monoisotopic (exact) mass is 434 g/mol. The van der Waals surface area contributed by atoms with Crippen LogP contribution in [0.15, 0.2) is 79.1 Å². The van der Waals surface area contributed by atoms with Crippen molar-refractivity contribution in [2.24, 2.45) is 7.05 Å². The highest BCUT2D eigenvalue weighted by atomic mass is 35.5. The molecule has 0 saturated heterocycles. The number of halogens is 2.